The van der Waals surface area contributed by atoms with Crippen LogP contribution >= 0.6 is 0 Å². The van der Waals surface area contributed by atoms with Crippen LogP contribution in [-0.4, -0.2) is 48.8 Å². The van der Waals surface area contributed by atoms with E-state index in [0.29, 0.717) is 0 Å². The Morgan fingerprint density at radius 3 is 2.17 bits per heavy atom. The van der Waals surface area contributed by atoms with Gasteiger partial charge in [-0.15, -0.1) is 0 Å². The van der Waals surface area contributed by atoms with Gasteiger partial charge in [0.25, 0.3) is 0 Å². The van der Waals surface area contributed by atoms with Gasteiger partial charge >= 0.3 is 0 Å². The Balaban J connectivity index is 2.31. The van der Waals surface area contributed by atoms with Crippen molar-refractivity contribution in [2.75, 3.05) is 14.1 Å². The van der Waals surface area contributed by atoms with Gasteiger partial charge in [-0.3, -0.25) is 14.4 Å². The minimum Gasteiger partial charge on any atom is -0.359 e. The molecule has 138 valence electrons. The highest BCUT2D eigenvalue weighted by Gasteiger charge is 2.20. The number of hydrogen-bond donors (Lipinski definition) is 2. The largest absolute Gasteiger partial charge is 0.359 e. The van der Waals surface area contributed by atoms with Gasteiger partial charge in [0, 0.05) is 45.4 Å². The molecule has 1 rings (SSSR count). The number of carbonyl (C=O) groups excluding carboxylic acids is 3. The monoisotopic (exact) mass is 339 g/mol. The second kappa shape index (κ2) is 11.0. The minimum absolute atomic E-state index is 0.0405. The first kappa shape index (κ1) is 20.5. The molecule has 0 saturated heterocycles. The number of amides is 3. The normalized spacial score (nSPS) is 17.3. The van der Waals surface area contributed by atoms with Crippen LogP contribution in [-0.2, 0) is 14.4 Å². The third kappa shape index (κ3) is 7.79. The van der Waals surface area contributed by atoms with Crippen LogP contribution in [0.4, 0.5) is 0 Å². The summed E-state index contributed by atoms with van der Waals surface area (Å²) in [6, 6.07) is 0.0870. The van der Waals surface area contributed by atoms with E-state index in [4.69, 9.17) is 0 Å². The van der Waals surface area contributed by atoms with Crippen molar-refractivity contribution < 1.29 is 14.4 Å². The van der Waals surface area contributed by atoms with E-state index in [-0.39, 0.29) is 49.1 Å². The zero-order valence-electron chi connectivity index (χ0n) is 15.4. The second-order valence-corrected chi connectivity index (χ2v) is 6.84. The highest BCUT2D eigenvalue weighted by atomic mass is 16.2. The topological polar surface area (TPSA) is 78.5 Å². The number of nitrogens with one attached hydrogen (secondary N) is 2. The maximum absolute atomic E-state index is 12.2. The number of rotatable bonds is 7. The molecule has 6 nitrogen and oxygen atoms in total. The van der Waals surface area contributed by atoms with Gasteiger partial charge < -0.3 is 15.5 Å². The lowest BCUT2D eigenvalue weighted by Gasteiger charge is -2.25. The minimum atomic E-state index is -0.175. The SMILES string of the molecule is CNC(=O)CC(C)N(C)C(=O)CCC(=O)NC1CCCCCCC1. The molecule has 0 aromatic heterocycles. The van der Waals surface area contributed by atoms with Crippen molar-refractivity contribution in [2.24, 2.45) is 0 Å². The van der Waals surface area contributed by atoms with Crippen LogP contribution in [0.2, 0.25) is 0 Å². The zero-order chi connectivity index (χ0) is 17.9. The summed E-state index contributed by atoms with van der Waals surface area (Å²) in [6.45, 7) is 1.84. The molecule has 1 unspecified atom stereocenters. The number of hydrogen-bond acceptors (Lipinski definition) is 3. The summed E-state index contributed by atoms with van der Waals surface area (Å²) >= 11 is 0. The standard InChI is InChI=1S/C18H33N3O3/c1-14(13-17(23)19-2)21(3)18(24)12-11-16(22)20-15-9-7-5-4-6-8-10-15/h14-15H,4-13H2,1-3H3,(H,19,23)(H,20,22). The van der Waals surface area contributed by atoms with E-state index in [1.807, 2.05) is 6.92 Å². The van der Waals surface area contributed by atoms with E-state index in [9.17, 15) is 14.4 Å². The van der Waals surface area contributed by atoms with E-state index in [1.54, 1.807) is 19.0 Å². The van der Waals surface area contributed by atoms with E-state index < -0.39 is 0 Å². The highest BCUT2D eigenvalue weighted by Crippen LogP contribution is 2.17. The molecule has 1 aliphatic rings. The van der Waals surface area contributed by atoms with Gasteiger partial charge in [-0.25, -0.2) is 0 Å². The molecule has 1 fully saturated rings. The van der Waals surface area contributed by atoms with Crippen LogP contribution < -0.4 is 10.6 Å². The van der Waals surface area contributed by atoms with E-state index in [1.165, 1.54) is 32.1 Å². The summed E-state index contributed by atoms with van der Waals surface area (Å²) in [5.74, 6) is -0.232. The van der Waals surface area contributed by atoms with E-state index >= 15 is 0 Å². The lowest BCUT2D eigenvalue weighted by atomic mass is 9.96. The van der Waals surface area contributed by atoms with Crippen LogP contribution in [0.5, 0.6) is 0 Å². The van der Waals surface area contributed by atoms with Crippen molar-refractivity contribution >= 4 is 17.7 Å². The summed E-state index contributed by atoms with van der Waals surface area (Å²) in [6.07, 6.45) is 8.90. The molecule has 0 spiro atoms. The fourth-order valence-corrected chi connectivity index (χ4v) is 3.05. The molecule has 3 amide bonds. The predicted molar refractivity (Wildman–Crippen MR) is 94.4 cm³/mol. The van der Waals surface area contributed by atoms with Crippen molar-refractivity contribution in [3.05, 3.63) is 0 Å². The fourth-order valence-electron chi connectivity index (χ4n) is 3.05. The molecule has 1 atom stereocenters. The second-order valence-electron chi connectivity index (χ2n) is 6.84. The molecule has 1 saturated carbocycles. The van der Waals surface area contributed by atoms with Crippen molar-refractivity contribution in [3.8, 4) is 0 Å². The first-order valence-electron chi connectivity index (χ1n) is 9.19. The first-order valence-corrected chi connectivity index (χ1v) is 9.19. The molecule has 0 aromatic rings. The first-order chi connectivity index (χ1) is 11.4. The summed E-state index contributed by atoms with van der Waals surface area (Å²) in [5, 5.41) is 5.63. The molecule has 1 aliphatic carbocycles. The van der Waals surface area contributed by atoms with Gasteiger partial charge in [-0.05, 0) is 19.8 Å². The van der Waals surface area contributed by atoms with Crippen molar-refractivity contribution in [1.29, 1.82) is 0 Å². The smallest absolute Gasteiger partial charge is 0.223 e. The Kier molecular flexibility index (Phi) is 9.42. The maximum atomic E-state index is 12.2. The Bertz CT molecular complexity index is 418. The van der Waals surface area contributed by atoms with Crippen LogP contribution in [0.15, 0.2) is 0 Å². The van der Waals surface area contributed by atoms with Gasteiger partial charge in [0.15, 0.2) is 0 Å². The Labute approximate surface area is 145 Å². The van der Waals surface area contributed by atoms with Crippen LogP contribution in [0.3, 0.4) is 0 Å². The van der Waals surface area contributed by atoms with Crippen LogP contribution in [0, 0.1) is 0 Å². The average Bonchev–Trinajstić information content (AvgIpc) is 2.53. The lowest BCUT2D eigenvalue weighted by molar-refractivity contribution is -0.135. The van der Waals surface area contributed by atoms with Crippen molar-refractivity contribution in [2.45, 2.75) is 83.2 Å². The number of nitrogens with zero attached hydrogens (tertiary/aromatic N) is 1. The highest BCUT2D eigenvalue weighted by molar-refractivity contribution is 5.84. The summed E-state index contributed by atoms with van der Waals surface area (Å²) in [7, 11) is 3.26. The van der Waals surface area contributed by atoms with Crippen LogP contribution in [0.1, 0.15) is 71.1 Å². The van der Waals surface area contributed by atoms with Gasteiger partial charge in [-0.2, -0.15) is 0 Å². The van der Waals surface area contributed by atoms with Gasteiger partial charge in [0.2, 0.25) is 17.7 Å². The molecule has 6 heteroatoms. The number of carbonyl (C=O) groups is 3. The molecule has 0 heterocycles. The maximum Gasteiger partial charge on any atom is 0.223 e. The molecule has 0 aliphatic heterocycles. The molecule has 0 radical (unpaired) electrons. The summed E-state index contributed by atoms with van der Waals surface area (Å²) in [5.41, 5.74) is 0. The van der Waals surface area contributed by atoms with Gasteiger partial charge in [0.1, 0.15) is 0 Å². The van der Waals surface area contributed by atoms with E-state index in [2.05, 4.69) is 10.6 Å². The third-order valence-electron chi connectivity index (χ3n) is 4.85. The van der Waals surface area contributed by atoms with Crippen molar-refractivity contribution in [3.63, 3.8) is 0 Å². The summed E-state index contributed by atoms with van der Waals surface area (Å²) < 4.78 is 0. The zero-order valence-corrected chi connectivity index (χ0v) is 15.4. The van der Waals surface area contributed by atoms with Crippen molar-refractivity contribution in [1.82, 2.24) is 15.5 Å². The molecule has 24 heavy (non-hydrogen) atoms. The quantitative estimate of drug-likeness (QED) is 0.744. The molecule has 0 aromatic carbocycles. The molecule has 2 N–H and O–H groups in total. The molecular formula is C18H33N3O3. The summed E-state index contributed by atoms with van der Waals surface area (Å²) in [4.78, 5) is 37.2. The molecular weight excluding hydrogens is 306 g/mol. The van der Waals surface area contributed by atoms with Crippen LogP contribution in [0.25, 0.3) is 0 Å². The molecule has 0 bridgehead atoms. The lowest BCUT2D eigenvalue weighted by Crippen LogP contribution is -2.39. The Morgan fingerprint density at radius 1 is 1.00 bits per heavy atom. The Hall–Kier alpha value is -1.59. The Morgan fingerprint density at radius 2 is 1.58 bits per heavy atom. The third-order valence-corrected chi connectivity index (χ3v) is 4.85. The van der Waals surface area contributed by atoms with Gasteiger partial charge in [-0.1, -0.05) is 32.1 Å². The predicted octanol–water partition coefficient (Wildman–Crippen LogP) is 1.98. The fraction of sp³-hybridized carbons (Fsp3) is 0.833. The van der Waals surface area contributed by atoms with Gasteiger partial charge in [0.05, 0.1) is 0 Å². The average molecular weight is 339 g/mol. The van der Waals surface area contributed by atoms with E-state index in [0.717, 1.165) is 12.8 Å².